The predicted molar refractivity (Wildman–Crippen MR) is 70.3 cm³/mol. The number of esters is 1. The number of nitrogens with zero attached hydrogens (tertiary/aromatic N) is 1. The van der Waals surface area contributed by atoms with Crippen molar-refractivity contribution in [3.8, 4) is 0 Å². The minimum atomic E-state index is -0.324. The second kappa shape index (κ2) is 5.57. The van der Waals surface area contributed by atoms with Crippen LogP contribution < -0.4 is 10.6 Å². The summed E-state index contributed by atoms with van der Waals surface area (Å²) in [6.45, 7) is 3.85. The number of anilines is 2. The summed E-state index contributed by atoms with van der Waals surface area (Å²) >= 11 is 0. The Labute approximate surface area is 102 Å². The van der Waals surface area contributed by atoms with E-state index in [-0.39, 0.29) is 12.1 Å². The SMILES string of the molecule is CCC(C)OC(=O)c1cc(N)ccc1N(C)C. The van der Waals surface area contributed by atoms with Crippen molar-refractivity contribution < 1.29 is 9.53 Å². The molecule has 1 unspecified atom stereocenters. The van der Waals surface area contributed by atoms with Gasteiger partial charge in [0.2, 0.25) is 0 Å². The lowest BCUT2D eigenvalue weighted by Gasteiger charge is -2.18. The summed E-state index contributed by atoms with van der Waals surface area (Å²) in [5.41, 5.74) is 7.59. The Bertz CT molecular complexity index is 402. The molecule has 1 aromatic carbocycles. The summed E-state index contributed by atoms with van der Waals surface area (Å²) in [6, 6.07) is 5.25. The first-order valence-electron chi connectivity index (χ1n) is 5.73. The van der Waals surface area contributed by atoms with Crippen LogP contribution in [0.15, 0.2) is 18.2 Å². The molecule has 0 heterocycles. The number of benzene rings is 1. The molecule has 0 spiro atoms. The van der Waals surface area contributed by atoms with E-state index in [0.717, 1.165) is 12.1 Å². The fourth-order valence-electron chi connectivity index (χ4n) is 1.44. The second-order valence-corrected chi connectivity index (χ2v) is 4.30. The Balaban J connectivity index is 3.02. The smallest absolute Gasteiger partial charge is 0.340 e. The zero-order chi connectivity index (χ0) is 13.0. The van der Waals surface area contributed by atoms with Crippen LogP contribution in [0.3, 0.4) is 0 Å². The van der Waals surface area contributed by atoms with Crippen molar-refractivity contribution in [2.75, 3.05) is 24.7 Å². The van der Waals surface area contributed by atoms with E-state index in [4.69, 9.17) is 10.5 Å². The maximum atomic E-state index is 12.0. The molecule has 0 aliphatic rings. The van der Waals surface area contributed by atoms with E-state index in [2.05, 4.69) is 0 Å². The first-order chi connectivity index (χ1) is 7.95. The maximum absolute atomic E-state index is 12.0. The Hall–Kier alpha value is -1.71. The van der Waals surface area contributed by atoms with E-state index >= 15 is 0 Å². The molecule has 2 N–H and O–H groups in total. The normalized spacial score (nSPS) is 12.0. The number of carbonyl (C=O) groups is 1. The van der Waals surface area contributed by atoms with Crippen molar-refractivity contribution in [3.05, 3.63) is 23.8 Å². The van der Waals surface area contributed by atoms with Gasteiger partial charge in [0.1, 0.15) is 0 Å². The van der Waals surface area contributed by atoms with Gasteiger partial charge in [-0.3, -0.25) is 0 Å². The Kier molecular flexibility index (Phi) is 4.37. The highest BCUT2D eigenvalue weighted by Gasteiger charge is 2.16. The van der Waals surface area contributed by atoms with E-state index in [0.29, 0.717) is 11.3 Å². The molecule has 0 fully saturated rings. The first kappa shape index (κ1) is 13.4. The van der Waals surface area contributed by atoms with Crippen LogP contribution in [-0.2, 0) is 4.74 Å². The summed E-state index contributed by atoms with van der Waals surface area (Å²) in [5, 5.41) is 0. The zero-order valence-corrected chi connectivity index (χ0v) is 10.9. The molecule has 0 radical (unpaired) electrons. The average molecular weight is 236 g/mol. The third kappa shape index (κ3) is 3.37. The van der Waals surface area contributed by atoms with Crippen molar-refractivity contribution in [1.29, 1.82) is 0 Å². The highest BCUT2D eigenvalue weighted by atomic mass is 16.5. The molecule has 4 heteroatoms. The van der Waals surface area contributed by atoms with Crippen LogP contribution in [0.2, 0.25) is 0 Å². The molecule has 4 nitrogen and oxygen atoms in total. The van der Waals surface area contributed by atoms with Crippen molar-refractivity contribution in [3.63, 3.8) is 0 Å². The highest BCUT2D eigenvalue weighted by Crippen LogP contribution is 2.22. The predicted octanol–water partition coefficient (Wildman–Crippen LogP) is 2.29. The zero-order valence-electron chi connectivity index (χ0n) is 10.9. The van der Waals surface area contributed by atoms with Crippen LogP contribution in [-0.4, -0.2) is 26.2 Å². The molecule has 0 aliphatic carbocycles. The minimum absolute atomic E-state index is 0.0843. The molecule has 0 saturated heterocycles. The quantitative estimate of drug-likeness (QED) is 0.643. The molecular weight excluding hydrogens is 216 g/mol. The molecule has 1 rings (SSSR count). The van der Waals surface area contributed by atoms with Gasteiger partial charge in [0.25, 0.3) is 0 Å². The van der Waals surface area contributed by atoms with Gasteiger partial charge >= 0.3 is 5.97 Å². The molecule has 1 aromatic rings. The molecular formula is C13H20N2O2. The van der Waals surface area contributed by atoms with Crippen LogP contribution in [0.1, 0.15) is 30.6 Å². The summed E-state index contributed by atoms with van der Waals surface area (Å²) in [5.74, 6) is -0.324. The Morgan fingerprint density at radius 1 is 1.47 bits per heavy atom. The van der Waals surface area contributed by atoms with Gasteiger partial charge in [0.15, 0.2) is 0 Å². The van der Waals surface area contributed by atoms with E-state index in [1.165, 1.54) is 0 Å². The van der Waals surface area contributed by atoms with Crippen molar-refractivity contribution in [1.82, 2.24) is 0 Å². The number of rotatable bonds is 4. The molecule has 0 aliphatic heterocycles. The number of nitrogens with two attached hydrogens (primary N) is 1. The molecule has 0 amide bonds. The number of ether oxygens (including phenoxy) is 1. The minimum Gasteiger partial charge on any atom is -0.459 e. The standard InChI is InChI=1S/C13H20N2O2/c1-5-9(2)17-13(16)11-8-10(14)6-7-12(11)15(3)4/h6-9H,5,14H2,1-4H3. The lowest BCUT2D eigenvalue weighted by Crippen LogP contribution is -2.19. The molecule has 0 bridgehead atoms. The van der Waals surface area contributed by atoms with E-state index in [9.17, 15) is 4.79 Å². The van der Waals surface area contributed by atoms with Crippen LogP contribution in [0, 0.1) is 0 Å². The highest BCUT2D eigenvalue weighted by molar-refractivity contribution is 5.97. The van der Waals surface area contributed by atoms with Gasteiger partial charge in [0.05, 0.1) is 17.4 Å². The summed E-state index contributed by atoms with van der Waals surface area (Å²) in [4.78, 5) is 13.9. The molecule has 17 heavy (non-hydrogen) atoms. The van der Waals surface area contributed by atoms with Crippen molar-refractivity contribution in [2.45, 2.75) is 26.4 Å². The summed E-state index contributed by atoms with van der Waals surface area (Å²) < 4.78 is 5.31. The number of hydrogen-bond donors (Lipinski definition) is 1. The fraction of sp³-hybridized carbons (Fsp3) is 0.462. The van der Waals surface area contributed by atoms with Crippen LogP contribution in [0.4, 0.5) is 11.4 Å². The lowest BCUT2D eigenvalue weighted by molar-refractivity contribution is 0.0335. The van der Waals surface area contributed by atoms with E-state index in [1.807, 2.05) is 38.9 Å². The molecule has 0 aromatic heterocycles. The van der Waals surface area contributed by atoms with Crippen molar-refractivity contribution in [2.24, 2.45) is 0 Å². The molecule has 94 valence electrons. The topological polar surface area (TPSA) is 55.6 Å². The van der Waals surface area contributed by atoms with Gasteiger partial charge in [-0.1, -0.05) is 6.92 Å². The third-order valence-electron chi connectivity index (χ3n) is 2.61. The lowest BCUT2D eigenvalue weighted by atomic mass is 10.1. The number of nitrogen functional groups attached to an aromatic ring is 1. The molecule has 1 atom stereocenters. The first-order valence-corrected chi connectivity index (χ1v) is 5.73. The van der Waals surface area contributed by atoms with Gasteiger partial charge in [-0.2, -0.15) is 0 Å². The van der Waals surface area contributed by atoms with Crippen LogP contribution >= 0.6 is 0 Å². The monoisotopic (exact) mass is 236 g/mol. The Morgan fingerprint density at radius 2 is 2.12 bits per heavy atom. The van der Waals surface area contributed by atoms with Gasteiger partial charge in [-0.25, -0.2) is 4.79 Å². The van der Waals surface area contributed by atoms with Crippen LogP contribution in [0.5, 0.6) is 0 Å². The average Bonchev–Trinajstić information content (AvgIpc) is 2.28. The maximum Gasteiger partial charge on any atom is 0.340 e. The van der Waals surface area contributed by atoms with Gasteiger partial charge in [-0.15, -0.1) is 0 Å². The summed E-state index contributed by atoms with van der Waals surface area (Å²) in [6.07, 6.45) is 0.713. The fourth-order valence-corrected chi connectivity index (χ4v) is 1.44. The summed E-state index contributed by atoms with van der Waals surface area (Å²) in [7, 11) is 3.76. The Morgan fingerprint density at radius 3 is 2.65 bits per heavy atom. The van der Waals surface area contributed by atoms with Crippen LogP contribution in [0.25, 0.3) is 0 Å². The largest absolute Gasteiger partial charge is 0.459 e. The second-order valence-electron chi connectivity index (χ2n) is 4.30. The number of carbonyl (C=O) groups excluding carboxylic acids is 1. The van der Waals surface area contributed by atoms with E-state index in [1.54, 1.807) is 12.1 Å². The third-order valence-corrected chi connectivity index (χ3v) is 2.61. The van der Waals surface area contributed by atoms with Crippen molar-refractivity contribution >= 4 is 17.3 Å². The van der Waals surface area contributed by atoms with Gasteiger partial charge < -0.3 is 15.4 Å². The van der Waals surface area contributed by atoms with Gasteiger partial charge in [0, 0.05) is 19.8 Å². The number of hydrogen-bond acceptors (Lipinski definition) is 4. The van der Waals surface area contributed by atoms with Gasteiger partial charge in [-0.05, 0) is 31.5 Å². The molecule has 0 saturated carbocycles. The van der Waals surface area contributed by atoms with E-state index < -0.39 is 0 Å².